The fraction of sp³-hybridized carbons (Fsp3) is 0.632. The van der Waals surface area contributed by atoms with Crippen LogP contribution in [0.1, 0.15) is 66.4 Å². The molecule has 0 radical (unpaired) electrons. The van der Waals surface area contributed by atoms with Gasteiger partial charge in [-0.3, -0.25) is 14.9 Å². The van der Waals surface area contributed by atoms with Gasteiger partial charge in [-0.2, -0.15) is 11.8 Å². The maximum Gasteiger partial charge on any atom is 0.409 e. The van der Waals surface area contributed by atoms with E-state index >= 15 is 0 Å². The molecule has 0 aromatic heterocycles. The predicted octanol–water partition coefficient (Wildman–Crippen LogP) is 4.80. The molecular weight excluding hydrogens is 726 g/mol. The number of anilines is 1. The second kappa shape index (κ2) is 15.1. The summed E-state index contributed by atoms with van der Waals surface area (Å²) in [7, 11) is 6.03. The van der Waals surface area contributed by atoms with Crippen LogP contribution in [-0.2, 0) is 39.8 Å². The summed E-state index contributed by atoms with van der Waals surface area (Å²) in [6.07, 6.45) is 1.41. The number of amides is 3. The number of nitrogens with zero attached hydrogens (tertiary/aromatic N) is 2. The Balaban J connectivity index is 1.61. The minimum absolute atomic E-state index is 0.0715. The van der Waals surface area contributed by atoms with Crippen molar-refractivity contribution in [3.63, 3.8) is 0 Å². The van der Waals surface area contributed by atoms with Crippen LogP contribution >= 0.6 is 23.4 Å². The maximum absolute atomic E-state index is 14.2. The first-order valence-corrected chi connectivity index (χ1v) is 19.1. The van der Waals surface area contributed by atoms with Crippen LogP contribution in [0.2, 0.25) is 5.02 Å². The van der Waals surface area contributed by atoms with Gasteiger partial charge in [0.15, 0.2) is 11.8 Å². The van der Waals surface area contributed by atoms with Crippen LogP contribution in [0.4, 0.5) is 10.5 Å². The number of thioether (sulfide) groups is 1. The van der Waals surface area contributed by atoms with Crippen molar-refractivity contribution in [3.8, 4) is 5.75 Å². The molecule has 8 atom stereocenters. The molecule has 15 heteroatoms. The van der Waals surface area contributed by atoms with Crippen molar-refractivity contribution in [1.29, 1.82) is 0 Å². The number of rotatable bonds is 6. The summed E-state index contributed by atoms with van der Waals surface area (Å²) >= 11 is 8.38. The molecule has 2 N–H and O–H groups in total. The van der Waals surface area contributed by atoms with Crippen LogP contribution in [0.3, 0.4) is 0 Å². The molecular formula is C38H52ClN3O10S. The fourth-order valence-corrected chi connectivity index (χ4v) is 9.09. The number of alkyl carbamates (subject to hydrolysis) is 1. The van der Waals surface area contributed by atoms with E-state index in [9.17, 15) is 24.3 Å². The zero-order valence-electron chi connectivity index (χ0n) is 32.1. The summed E-state index contributed by atoms with van der Waals surface area (Å²) in [5.41, 5.74) is -2.55. The zero-order chi connectivity index (χ0) is 39.3. The number of benzene rings is 1. The second-order valence-electron chi connectivity index (χ2n) is 15.6. The Morgan fingerprint density at radius 2 is 1.91 bits per heavy atom. The van der Waals surface area contributed by atoms with Gasteiger partial charge in [0.2, 0.25) is 11.8 Å². The van der Waals surface area contributed by atoms with Gasteiger partial charge < -0.3 is 38.6 Å². The lowest BCUT2D eigenvalue weighted by atomic mass is 9.69. The number of ether oxygens (including phenoxy) is 5. The lowest BCUT2D eigenvalue weighted by molar-refractivity contribution is -0.174. The molecule has 4 heterocycles. The van der Waals surface area contributed by atoms with E-state index < -0.39 is 65.2 Å². The topological polar surface area (TPSA) is 156 Å². The van der Waals surface area contributed by atoms with Gasteiger partial charge >= 0.3 is 12.1 Å². The summed E-state index contributed by atoms with van der Waals surface area (Å²) in [6, 6.07) is 2.34. The number of allylic oxidation sites excluding steroid dienone is 3. The Morgan fingerprint density at radius 1 is 1.21 bits per heavy atom. The fourth-order valence-electron chi connectivity index (χ4n) is 7.89. The first-order chi connectivity index (χ1) is 24.7. The Bertz CT molecular complexity index is 1700. The molecule has 4 aliphatic heterocycles. The molecule has 5 unspecified atom stereocenters. The van der Waals surface area contributed by atoms with Gasteiger partial charge in [-0.25, -0.2) is 9.59 Å². The van der Waals surface area contributed by atoms with Crippen molar-refractivity contribution in [3.05, 3.63) is 46.5 Å². The number of hydrogen-bond donors (Lipinski definition) is 2. The average Bonchev–Trinajstić information content (AvgIpc) is 3.72. The summed E-state index contributed by atoms with van der Waals surface area (Å²) in [5.74, 6) is -1.37. The Morgan fingerprint density at radius 3 is 2.55 bits per heavy atom. The number of esters is 1. The molecule has 4 aliphatic rings. The van der Waals surface area contributed by atoms with Crippen LogP contribution in [-0.4, -0.2) is 114 Å². The smallest absolute Gasteiger partial charge is 0.409 e. The number of methoxy groups -OCH3 is 2. The first kappa shape index (κ1) is 40.9. The highest BCUT2D eigenvalue weighted by atomic mass is 35.5. The van der Waals surface area contributed by atoms with E-state index in [1.165, 1.54) is 31.1 Å². The average molecular weight is 778 g/mol. The number of nitrogens with one attached hydrogen (secondary N) is 1. The molecule has 53 heavy (non-hydrogen) atoms. The molecule has 3 amide bonds. The number of likely N-dealkylation sites (N-methyl/N-ethyl adjacent to an activating group) is 1. The van der Waals surface area contributed by atoms with Crippen molar-refractivity contribution >= 4 is 52.9 Å². The number of fused-ring (bicyclic) bond motifs is 4. The quantitative estimate of drug-likeness (QED) is 0.302. The number of carbonyl (C=O) groups excluding carboxylic acids is 4. The molecule has 6 bridgehead atoms. The van der Waals surface area contributed by atoms with Crippen LogP contribution < -0.4 is 15.0 Å². The van der Waals surface area contributed by atoms with E-state index in [1.807, 2.05) is 13.0 Å². The van der Waals surface area contributed by atoms with Crippen molar-refractivity contribution < 1.29 is 48.0 Å². The molecule has 1 aromatic rings. The molecule has 1 aromatic carbocycles. The van der Waals surface area contributed by atoms with E-state index in [0.717, 1.165) is 11.1 Å². The number of halogens is 1. The van der Waals surface area contributed by atoms with Gasteiger partial charge in [-0.1, -0.05) is 63.1 Å². The second-order valence-corrected chi connectivity index (χ2v) is 17.9. The van der Waals surface area contributed by atoms with Gasteiger partial charge in [-0.15, -0.1) is 0 Å². The molecule has 13 nitrogen and oxygen atoms in total. The van der Waals surface area contributed by atoms with Crippen molar-refractivity contribution in [2.45, 2.75) is 113 Å². The maximum atomic E-state index is 14.2. The van der Waals surface area contributed by atoms with Crippen LogP contribution in [0.25, 0.3) is 0 Å². The van der Waals surface area contributed by atoms with Crippen LogP contribution in [0, 0.1) is 5.92 Å². The number of hydrogen-bond acceptors (Lipinski definition) is 11. The Hall–Kier alpha value is -3.30. The number of carbonyl (C=O) groups is 4. The standard InChI is InChI=1S/C38H52ClN3O10S/c1-21-12-11-13-27(49-10)37(47)20-26(50-34(46)40-37)22(2)38-32(42(8)29(43)14-15-53-35(3,4)5)33(45)51-28(36(38,6)52-38)19-30(44)41(7)24-17-23(16-21)18-25(48-9)31(24)39/h11-13,17-18,22,26-28,32,47H,14-16,19-20H2,1-10H3,(H,40,46)/b13-11+,21-12+/t22-,26?,27?,28+,32-,36?,37?,38?/m1/s1. The first-order valence-electron chi connectivity index (χ1n) is 17.7. The SMILES string of the molecule is COc1cc2cc(c1Cl)N(C)C(=O)C[C@@H]1OC(=O)[C@@H](N(C)C(=O)CCSC(C)(C)C)C3(OC13C)[C@H](C)C1CC(O)(NC(=O)O1)C(OC)/C=C/C=C(\C)C2. The van der Waals surface area contributed by atoms with Gasteiger partial charge in [0, 0.05) is 50.5 Å². The molecule has 0 saturated carbocycles. The van der Waals surface area contributed by atoms with E-state index in [-0.39, 0.29) is 34.9 Å². The predicted molar refractivity (Wildman–Crippen MR) is 201 cm³/mol. The van der Waals surface area contributed by atoms with Crippen LogP contribution in [0.15, 0.2) is 35.9 Å². The molecule has 0 aliphatic carbocycles. The van der Waals surface area contributed by atoms with Crippen LogP contribution in [0.5, 0.6) is 5.75 Å². The lowest BCUT2D eigenvalue weighted by Gasteiger charge is -2.46. The van der Waals surface area contributed by atoms with Gasteiger partial charge in [0.05, 0.1) is 19.2 Å². The van der Waals surface area contributed by atoms with E-state index in [4.69, 9.17) is 35.3 Å². The summed E-state index contributed by atoms with van der Waals surface area (Å²) in [4.78, 5) is 57.9. The molecule has 5 rings (SSSR count). The van der Waals surface area contributed by atoms with Gasteiger partial charge in [0.25, 0.3) is 0 Å². The highest BCUT2D eigenvalue weighted by Crippen LogP contribution is 2.63. The van der Waals surface area contributed by atoms with E-state index in [1.54, 1.807) is 56.9 Å². The zero-order valence-corrected chi connectivity index (χ0v) is 33.7. The Kier molecular flexibility index (Phi) is 11.6. The molecule has 3 fully saturated rings. The molecule has 292 valence electrons. The Labute approximate surface area is 320 Å². The van der Waals surface area contributed by atoms with Gasteiger partial charge in [-0.05, 0) is 38.0 Å². The normalized spacial score (nSPS) is 34.8. The van der Waals surface area contributed by atoms with E-state index in [0.29, 0.717) is 23.6 Å². The number of epoxide rings is 1. The minimum Gasteiger partial charge on any atom is -0.495 e. The number of aliphatic hydroxyl groups is 1. The van der Waals surface area contributed by atoms with Gasteiger partial charge in [0.1, 0.15) is 40.3 Å². The third-order valence-electron chi connectivity index (χ3n) is 10.8. The van der Waals surface area contributed by atoms with E-state index in [2.05, 4.69) is 26.1 Å². The van der Waals surface area contributed by atoms with Crippen molar-refractivity contribution in [2.24, 2.45) is 5.92 Å². The summed E-state index contributed by atoms with van der Waals surface area (Å²) < 4.78 is 29.7. The summed E-state index contributed by atoms with van der Waals surface area (Å²) in [5, 5.41) is 14.7. The molecule has 3 saturated heterocycles. The van der Waals surface area contributed by atoms with Crippen molar-refractivity contribution in [1.82, 2.24) is 10.2 Å². The highest BCUT2D eigenvalue weighted by Gasteiger charge is 2.83. The lowest BCUT2D eigenvalue weighted by Crippen LogP contribution is -2.68. The van der Waals surface area contributed by atoms with Crippen molar-refractivity contribution in [2.75, 3.05) is 39.0 Å². The monoisotopic (exact) mass is 777 g/mol. The third kappa shape index (κ3) is 7.80. The third-order valence-corrected chi connectivity index (χ3v) is 12.5. The molecule has 0 spiro atoms. The largest absolute Gasteiger partial charge is 0.495 e. The minimum atomic E-state index is -1.92. The summed E-state index contributed by atoms with van der Waals surface area (Å²) in [6.45, 7) is 11.6. The highest BCUT2D eigenvalue weighted by molar-refractivity contribution is 8.00.